The molecule has 124 valence electrons. The maximum absolute atomic E-state index is 11.8. The molecular weight excluding hydrogens is 361 g/mol. The van der Waals surface area contributed by atoms with Crippen LogP contribution in [-0.2, 0) is 9.59 Å². The molecule has 0 spiro atoms. The molecule has 0 bridgehead atoms. The first kappa shape index (κ1) is 19.5. The molecule has 1 amide bonds. The van der Waals surface area contributed by atoms with Crippen LogP contribution >= 0.6 is 36.6 Å². The molecule has 1 aromatic heterocycles. The summed E-state index contributed by atoms with van der Waals surface area (Å²) in [6.45, 7) is 0. The average molecular weight is 376 g/mol. The minimum atomic E-state index is -1.11. The number of amides is 1. The number of hydrogen-bond donors (Lipinski definition) is 2. The summed E-state index contributed by atoms with van der Waals surface area (Å²) in [5, 5.41) is 9.12. The van der Waals surface area contributed by atoms with E-state index in [2.05, 4.69) is 4.98 Å². The molecule has 2 atom stereocenters. The van der Waals surface area contributed by atoms with Crippen molar-refractivity contribution >= 4 is 54.5 Å². The van der Waals surface area contributed by atoms with E-state index in [0.29, 0.717) is 11.3 Å². The lowest BCUT2D eigenvalue weighted by Gasteiger charge is -2.47. The zero-order chi connectivity index (χ0) is 15.0. The molecule has 0 unspecified atom stereocenters. The van der Waals surface area contributed by atoms with Gasteiger partial charge in [-0.05, 0) is 17.2 Å². The van der Waals surface area contributed by atoms with Crippen molar-refractivity contribution in [2.24, 2.45) is 5.73 Å². The topological polar surface area (TPSA) is 96.5 Å². The van der Waals surface area contributed by atoms with Gasteiger partial charge < -0.3 is 10.8 Å². The number of aromatic nitrogens is 1. The van der Waals surface area contributed by atoms with Gasteiger partial charge in [-0.3, -0.25) is 14.7 Å². The van der Waals surface area contributed by atoms with E-state index in [1.54, 1.807) is 30.6 Å². The largest absolute Gasteiger partial charge is 0.477 e. The Bertz CT molecular complexity index is 666. The highest BCUT2D eigenvalue weighted by molar-refractivity contribution is 8.00. The van der Waals surface area contributed by atoms with Crippen molar-refractivity contribution in [3.05, 3.63) is 47.4 Å². The van der Waals surface area contributed by atoms with Gasteiger partial charge >= 0.3 is 5.97 Å². The number of thioether (sulfide) groups is 1. The van der Waals surface area contributed by atoms with E-state index in [4.69, 9.17) is 5.73 Å². The van der Waals surface area contributed by atoms with Crippen molar-refractivity contribution in [3.8, 4) is 0 Å². The molecule has 6 nitrogen and oxygen atoms in total. The van der Waals surface area contributed by atoms with Crippen LogP contribution in [0.1, 0.15) is 5.56 Å². The van der Waals surface area contributed by atoms with Crippen LogP contribution in [0, 0.1) is 0 Å². The second-order valence-corrected chi connectivity index (χ2v) is 5.84. The summed E-state index contributed by atoms with van der Waals surface area (Å²) >= 11 is 1.48. The molecule has 1 saturated heterocycles. The van der Waals surface area contributed by atoms with E-state index in [0.717, 1.165) is 5.56 Å². The smallest absolute Gasteiger partial charge is 0.352 e. The van der Waals surface area contributed by atoms with E-state index in [1.807, 2.05) is 6.07 Å². The summed E-state index contributed by atoms with van der Waals surface area (Å²) in [5.74, 6) is -0.927. The van der Waals surface area contributed by atoms with E-state index in [1.165, 1.54) is 16.7 Å². The highest BCUT2D eigenvalue weighted by atomic mass is 35.5. The van der Waals surface area contributed by atoms with E-state index < -0.39 is 12.0 Å². The summed E-state index contributed by atoms with van der Waals surface area (Å²) in [7, 11) is 0. The van der Waals surface area contributed by atoms with Crippen LogP contribution in [0.25, 0.3) is 6.08 Å². The second kappa shape index (κ2) is 7.83. The summed E-state index contributed by atoms with van der Waals surface area (Å²) < 4.78 is 0. The molecular formula is C14H15Cl2N3O3S. The first-order valence-corrected chi connectivity index (χ1v) is 7.39. The maximum Gasteiger partial charge on any atom is 0.352 e. The van der Waals surface area contributed by atoms with E-state index in [9.17, 15) is 14.7 Å². The predicted octanol–water partition coefficient (Wildman–Crippen LogP) is 1.52. The Labute approximate surface area is 149 Å². The number of pyridine rings is 1. The van der Waals surface area contributed by atoms with Gasteiger partial charge in [0.25, 0.3) is 0 Å². The Hall–Kier alpha value is -1.54. The third-order valence-electron chi connectivity index (χ3n) is 3.40. The number of carbonyl (C=O) groups is 2. The monoisotopic (exact) mass is 375 g/mol. The molecule has 3 N–H and O–H groups in total. The van der Waals surface area contributed by atoms with Crippen LogP contribution in [0.15, 0.2) is 41.9 Å². The van der Waals surface area contributed by atoms with Crippen molar-refractivity contribution in [3.63, 3.8) is 0 Å². The lowest BCUT2D eigenvalue weighted by molar-refractivity contribution is -0.147. The lowest BCUT2D eigenvalue weighted by atomic mass is 10.0. The summed E-state index contributed by atoms with van der Waals surface area (Å²) in [5.41, 5.74) is 7.20. The van der Waals surface area contributed by atoms with Crippen LogP contribution in [0.5, 0.6) is 0 Å². The standard InChI is InChI=1S/C14H13N3O3S.2ClH/c15-10-12(18)17-11(14(19)20)9(7-21-13(10)17)4-3-8-2-1-5-16-6-8;;/h1-6,10,13H,7,15H2,(H,19,20);2*1H/b4-3+;;/t10-,13-;;/m1../s1. The van der Waals surface area contributed by atoms with Crippen LogP contribution in [0.3, 0.4) is 0 Å². The van der Waals surface area contributed by atoms with Crippen LogP contribution in [0.4, 0.5) is 0 Å². The molecule has 0 aliphatic carbocycles. The van der Waals surface area contributed by atoms with Gasteiger partial charge in [-0.2, -0.15) is 0 Å². The Morgan fingerprint density at radius 2 is 2.17 bits per heavy atom. The molecule has 1 aromatic rings. The van der Waals surface area contributed by atoms with E-state index in [-0.39, 0.29) is 41.8 Å². The first-order chi connectivity index (χ1) is 10.1. The van der Waals surface area contributed by atoms with Crippen LogP contribution in [-0.4, -0.2) is 44.0 Å². The SMILES string of the molecule is Cl.Cl.N[C@@H]1C(=O)N2C(C(=O)O)=C(/C=C/c3cccnc3)CS[C@H]12. The van der Waals surface area contributed by atoms with Crippen molar-refractivity contribution < 1.29 is 14.7 Å². The molecule has 0 aromatic carbocycles. The lowest BCUT2D eigenvalue weighted by Crippen LogP contribution is -2.68. The number of aliphatic carboxylic acids is 1. The Kier molecular flexibility index (Phi) is 6.64. The van der Waals surface area contributed by atoms with Gasteiger partial charge in [0.1, 0.15) is 17.1 Å². The molecule has 23 heavy (non-hydrogen) atoms. The van der Waals surface area contributed by atoms with E-state index >= 15 is 0 Å². The van der Waals surface area contributed by atoms with Gasteiger partial charge in [-0.15, -0.1) is 36.6 Å². The first-order valence-electron chi connectivity index (χ1n) is 6.34. The number of halogens is 2. The molecule has 3 heterocycles. The maximum atomic E-state index is 11.8. The number of β-lactam (4-membered cyclic amide) rings is 1. The summed E-state index contributed by atoms with van der Waals surface area (Å²) in [6, 6.07) is 3.07. The number of allylic oxidation sites excluding steroid dienone is 1. The minimum Gasteiger partial charge on any atom is -0.477 e. The molecule has 0 saturated carbocycles. The third-order valence-corrected chi connectivity index (χ3v) is 4.73. The number of carbonyl (C=O) groups excluding carboxylic acids is 1. The fourth-order valence-corrected chi connectivity index (χ4v) is 3.60. The second-order valence-electron chi connectivity index (χ2n) is 4.73. The molecule has 2 aliphatic heterocycles. The zero-order valence-corrected chi connectivity index (χ0v) is 14.2. The molecule has 3 rings (SSSR count). The Morgan fingerprint density at radius 3 is 2.78 bits per heavy atom. The van der Waals surface area contributed by atoms with Crippen molar-refractivity contribution in [1.82, 2.24) is 9.88 Å². The number of nitrogens with zero attached hydrogens (tertiary/aromatic N) is 2. The van der Waals surface area contributed by atoms with Crippen molar-refractivity contribution in [1.29, 1.82) is 0 Å². The molecule has 1 fully saturated rings. The van der Waals surface area contributed by atoms with Gasteiger partial charge in [-0.1, -0.05) is 18.2 Å². The van der Waals surface area contributed by atoms with Crippen LogP contribution in [0.2, 0.25) is 0 Å². The average Bonchev–Trinajstić information content (AvgIpc) is 2.52. The summed E-state index contributed by atoms with van der Waals surface area (Å²) in [4.78, 5) is 28.5. The zero-order valence-electron chi connectivity index (χ0n) is 11.8. The fourth-order valence-electron chi connectivity index (χ4n) is 2.34. The van der Waals surface area contributed by atoms with Gasteiger partial charge in [0.05, 0.1) is 0 Å². The Balaban J connectivity index is 0.00000132. The normalized spacial score (nSPS) is 22.8. The van der Waals surface area contributed by atoms with Gasteiger partial charge in [0, 0.05) is 18.1 Å². The quantitative estimate of drug-likeness (QED) is 0.777. The number of rotatable bonds is 3. The molecule has 2 aliphatic rings. The minimum absolute atomic E-state index is 0. The predicted molar refractivity (Wildman–Crippen MR) is 93.5 cm³/mol. The van der Waals surface area contributed by atoms with Gasteiger partial charge in [-0.25, -0.2) is 4.79 Å². The van der Waals surface area contributed by atoms with Gasteiger partial charge in [0.15, 0.2) is 0 Å². The third kappa shape index (κ3) is 3.53. The van der Waals surface area contributed by atoms with Gasteiger partial charge in [0.2, 0.25) is 5.91 Å². The highest BCUT2D eigenvalue weighted by Crippen LogP contribution is 2.39. The number of hydrogen-bond acceptors (Lipinski definition) is 5. The molecule has 0 radical (unpaired) electrons. The Morgan fingerprint density at radius 1 is 1.43 bits per heavy atom. The fraction of sp³-hybridized carbons (Fsp3) is 0.214. The number of nitrogens with two attached hydrogens (primary N) is 1. The number of fused-ring (bicyclic) bond motifs is 1. The van der Waals surface area contributed by atoms with Crippen molar-refractivity contribution in [2.75, 3.05) is 5.75 Å². The number of carboxylic acid groups (broad SMARTS) is 1. The van der Waals surface area contributed by atoms with Crippen LogP contribution < -0.4 is 5.73 Å². The van der Waals surface area contributed by atoms with Crippen molar-refractivity contribution in [2.45, 2.75) is 11.4 Å². The summed E-state index contributed by atoms with van der Waals surface area (Å²) in [6.07, 6.45) is 6.86. The highest BCUT2D eigenvalue weighted by Gasteiger charge is 2.51. The molecule has 9 heteroatoms. The number of carboxylic acids is 1.